The first kappa shape index (κ1) is 11.2. The van der Waals surface area contributed by atoms with E-state index < -0.39 is 16.8 Å². The fraction of sp³-hybridized carbons (Fsp3) is 0.500. The summed E-state index contributed by atoms with van der Waals surface area (Å²) in [6, 6.07) is 1.31. The highest BCUT2D eigenvalue weighted by molar-refractivity contribution is 5.69. The Kier molecular flexibility index (Phi) is 3.03. The Hall–Kier alpha value is -1.92. The molecule has 0 spiro atoms. The van der Waals surface area contributed by atoms with Gasteiger partial charge in [-0.3, -0.25) is 4.79 Å². The minimum absolute atomic E-state index is 0.134. The van der Waals surface area contributed by atoms with Crippen LogP contribution in [0.4, 0.5) is 5.82 Å². The van der Waals surface area contributed by atoms with Gasteiger partial charge >= 0.3 is 11.8 Å². The molecule has 0 amide bonds. The molecule has 1 aromatic heterocycles. The average Bonchev–Trinajstić information content (AvgIpc) is 2.47. The van der Waals surface area contributed by atoms with Crippen molar-refractivity contribution < 1.29 is 14.8 Å². The third-order valence-corrected chi connectivity index (χ3v) is 2.02. The number of carboxylic acids is 1. The van der Waals surface area contributed by atoms with Crippen LogP contribution in [0.25, 0.3) is 0 Å². The monoisotopic (exact) mass is 213 g/mol. The fourth-order valence-electron chi connectivity index (χ4n) is 1.10. The minimum atomic E-state index is -0.951. The van der Waals surface area contributed by atoms with Gasteiger partial charge in [0.15, 0.2) is 0 Å². The highest BCUT2D eigenvalue weighted by atomic mass is 16.6. The van der Waals surface area contributed by atoms with E-state index in [9.17, 15) is 14.9 Å². The van der Waals surface area contributed by atoms with Gasteiger partial charge in [0.1, 0.15) is 0 Å². The minimum Gasteiger partial charge on any atom is -0.481 e. The Balaban J connectivity index is 2.86. The second-order valence-corrected chi connectivity index (χ2v) is 3.32. The summed E-state index contributed by atoms with van der Waals surface area (Å²) in [5.74, 6) is -1.83. The van der Waals surface area contributed by atoms with Crippen LogP contribution in [0.2, 0.25) is 0 Å². The molecule has 0 saturated heterocycles. The zero-order valence-corrected chi connectivity index (χ0v) is 8.38. The molecule has 82 valence electrons. The van der Waals surface area contributed by atoms with E-state index in [4.69, 9.17) is 5.11 Å². The molecule has 1 aromatic rings. The maximum absolute atomic E-state index is 10.6. The number of aliphatic carboxylic acids is 1. The molecule has 0 aliphatic carbocycles. The zero-order valence-electron chi connectivity index (χ0n) is 8.38. The van der Waals surface area contributed by atoms with Gasteiger partial charge in [0.05, 0.1) is 29.3 Å². The number of hydrogen-bond donors (Lipinski definition) is 1. The smallest absolute Gasteiger partial charge is 0.390 e. The topological polar surface area (TPSA) is 98.3 Å². The Morgan fingerprint density at radius 2 is 2.40 bits per heavy atom. The molecule has 0 fully saturated rings. The predicted molar refractivity (Wildman–Crippen MR) is 50.4 cm³/mol. The first-order chi connectivity index (χ1) is 6.91. The number of aryl methyl sites for hydroxylation is 1. The number of nitrogens with zero attached hydrogens (tertiary/aromatic N) is 3. The molecule has 0 aromatic carbocycles. The molecule has 0 aliphatic rings. The molecule has 1 heterocycles. The lowest BCUT2D eigenvalue weighted by Crippen LogP contribution is -2.18. The molecule has 0 aliphatic heterocycles. The van der Waals surface area contributed by atoms with Gasteiger partial charge in [-0.25, -0.2) is 0 Å². The predicted octanol–water partition coefficient (Wildman–Crippen LogP) is 0.820. The van der Waals surface area contributed by atoms with Gasteiger partial charge in [0.2, 0.25) is 0 Å². The summed E-state index contributed by atoms with van der Waals surface area (Å²) in [4.78, 5) is 20.4. The second-order valence-electron chi connectivity index (χ2n) is 3.32. The molecule has 0 bridgehead atoms. The van der Waals surface area contributed by atoms with Crippen molar-refractivity contribution in [3.63, 3.8) is 0 Å². The standard InChI is InChI=1S/C8H11N3O4/c1-5(8(12)13)4-10-6(2)3-7(9-10)11(14)15/h3,5H,4H2,1-2H3,(H,12,13)/t5-/m1/s1. The van der Waals surface area contributed by atoms with E-state index in [1.165, 1.54) is 17.7 Å². The van der Waals surface area contributed by atoms with Gasteiger partial charge in [-0.15, -0.1) is 0 Å². The molecule has 7 heteroatoms. The van der Waals surface area contributed by atoms with Gasteiger partial charge in [-0.1, -0.05) is 6.92 Å². The van der Waals surface area contributed by atoms with Gasteiger partial charge in [0.25, 0.3) is 0 Å². The van der Waals surface area contributed by atoms with E-state index >= 15 is 0 Å². The SMILES string of the molecule is Cc1cc([N+](=O)[O-])nn1C[C@@H](C)C(=O)O. The van der Waals surface area contributed by atoms with Crippen molar-refractivity contribution in [2.75, 3.05) is 0 Å². The summed E-state index contributed by atoms with van der Waals surface area (Å²) in [5.41, 5.74) is 0.579. The molecule has 7 nitrogen and oxygen atoms in total. The van der Waals surface area contributed by atoms with Gasteiger partial charge in [-0.05, 0) is 11.8 Å². The highest BCUT2D eigenvalue weighted by Gasteiger charge is 2.19. The summed E-state index contributed by atoms with van der Waals surface area (Å²) in [6.07, 6.45) is 0. The maximum Gasteiger partial charge on any atom is 0.390 e. The molecular formula is C8H11N3O4. The third kappa shape index (κ3) is 2.52. The van der Waals surface area contributed by atoms with Crippen LogP contribution in [0.15, 0.2) is 6.07 Å². The van der Waals surface area contributed by atoms with Crippen molar-refractivity contribution >= 4 is 11.8 Å². The van der Waals surface area contributed by atoms with Gasteiger partial charge in [-0.2, -0.15) is 4.68 Å². The maximum atomic E-state index is 10.6. The van der Waals surface area contributed by atoms with E-state index in [-0.39, 0.29) is 12.4 Å². The molecule has 1 N–H and O–H groups in total. The second kappa shape index (κ2) is 4.07. The molecule has 15 heavy (non-hydrogen) atoms. The summed E-state index contributed by atoms with van der Waals surface area (Å²) in [5, 5.41) is 22.8. The van der Waals surface area contributed by atoms with Crippen LogP contribution in [0.5, 0.6) is 0 Å². The Morgan fingerprint density at radius 3 is 2.80 bits per heavy atom. The molecule has 0 unspecified atom stereocenters. The summed E-state index contributed by atoms with van der Waals surface area (Å²) in [7, 11) is 0. The zero-order chi connectivity index (χ0) is 11.6. The summed E-state index contributed by atoms with van der Waals surface area (Å²) in [6.45, 7) is 3.30. The van der Waals surface area contributed by atoms with Crippen molar-refractivity contribution in [3.05, 3.63) is 21.9 Å². The van der Waals surface area contributed by atoms with Gasteiger partial charge < -0.3 is 15.2 Å². The van der Waals surface area contributed by atoms with Crippen LogP contribution >= 0.6 is 0 Å². The quantitative estimate of drug-likeness (QED) is 0.589. The number of nitro groups is 1. The fourth-order valence-corrected chi connectivity index (χ4v) is 1.10. The van der Waals surface area contributed by atoms with Crippen molar-refractivity contribution in [2.45, 2.75) is 20.4 Å². The van der Waals surface area contributed by atoms with Crippen molar-refractivity contribution in [1.29, 1.82) is 0 Å². The van der Waals surface area contributed by atoms with Crippen LogP contribution in [0.3, 0.4) is 0 Å². The lowest BCUT2D eigenvalue weighted by molar-refractivity contribution is -0.389. The van der Waals surface area contributed by atoms with Crippen molar-refractivity contribution in [2.24, 2.45) is 5.92 Å². The lowest BCUT2D eigenvalue weighted by atomic mass is 10.2. The lowest BCUT2D eigenvalue weighted by Gasteiger charge is -2.03. The van der Waals surface area contributed by atoms with E-state index in [0.29, 0.717) is 5.69 Å². The molecule has 1 rings (SSSR count). The van der Waals surface area contributed by atoms with Crippen LogP contribution in [-0.4, -0.2) is 25.8 Å². The van der Waals surface area contributed by atoms with E-state index in [1.54, 1.807) is 6.92 Å². The number of carboxylic acid groups (broad SMARTS) is 1. The van der Waals surface area contributed by atoms with Crippen LogP contribution in [-0.2, 0) is 11.3 Å². The number of hydrogen-bond acceptors (Lipinski definition) is 4. The van der Waals surface area contributed by atoms with Crippen LogP contribution < -0.4 is 0 Å². The van der Waals surface area contributed by atoms with Crippen molar-refractivity contribution in [3.8, 4) is 0 Å². The summed E-state index contributed by atoms with van der Waals surface area (Å²) >= 11 is 0. The van der Waals surface area contributed by atoms with E-state index in [2.05, 4.69) is 5.10 Å². The Morgan fingerprint density at radius 1 is 1.80 bits per heavy atom. The van der Waals surface area contributed by atoms with E-state index in [0.717, 1.165) is 0 Å². The Bertz CT molecular complexity index is 399. The highest BCUT2D eigenvalue weighted by Crippen LogP contribution is 2.12. The van der Waals surface area contributed by atoms with Gasteiger partial charge in [0, 0.05) is 0 Å². The normalized spacial score (nSPS) is 12.4. The number of rotatable bonds is 4. The molecule has 0 radical (unpaired) electrons. The first-order valence-electron chi connectivity index (χ1n) is 4.33. The van der Waals surface area contributed by atoms with Crippen molar-refractivity contribution in [1.82, 2.24) is 9.78 Å². The third-order valence-electron chi connectivity index (χ3n) is 2.02. The summed E-state index contributed by atoms with van der Waals surface area (Å²) < 4.78 is 1.33. The molecular weight excluding hydrogens is 202 g/mol. The Labute approximate surface area is 85.5 Å². The largest absolute Gasteiger partial charge is 0.481 e. The molecule has 0 saturated carbocycles. The number of aromatic nitrogens is 2. The molecule has 1 atom stereocenters. The van der Waals surface area contributed by atoms with Crippen LogP contribution in [0.1, 0.15) is 12.6 Å². The average molecular weight is 213 g/mol. The number of carbonyl (C=O) groups is 1. The van der Waals surface area contributed by atoms with E-state index in [1.807, 2.05) is 0 Å². The van der Waals surface area contributed by atoms with Crippen LogP contribution in [0, 0.1) is 23.0 Å². The first-order valence-corrected chi connectivity index (χ1v) is 4.33.